The lowest BCUT2D eigenvalue weighted by molar-refractivity contribution is 0.0947. The third-order valence-electron chi connectivity index (χ3n) is 4.71. The Bertz CT molecular complexity index is 1260. The van der Waals surface area contributed by atoms with E-state index in [0.29, 0.717) is 41.2 Å². The number of carbonyl (C=O) groups excluding carboxylic acids is 1. The summed E-state index contributed by atoms with van der Waals surface area (Å²) >= 11 is 0. The fourth-order valence-corrected chi connectivity index (χ4v) is 3.22. The molecule has 4 aromatic rings. The molecule has 2 heterocycles. The van der Waals surface area contributed by atoms with Crippen LogP contribution < -0.4 is 20.3 Å². The van der Waals surface area contributed by atoms with E-state index < -0.39 is 0 Å². The van der Waals surface area contributed by atoms with Gasteiger partial charge in [-0.3, -0.25) is 9.59 Å². The van der Waals surface area contributed by atoms with Crippen LogP contribution in [0.3, 0.4) is 0 Å². The zero-order valence-electron chi connectivity index (χ0n) is 16.1. The lowest BCUT2D eigenvalue weighted by atomic mass is 10.1. The van der Waals surface area contributed by atoms with Crippen molar-refractivity contribution < 1.29 is 14.3 Å². The Hall–Kier alpha value is -3.81. The molecule has 0 unspecified atom stereocenters. The first-order valence-corrected chi connectivity index (χ1v) is 9.10. The van der Waals surface area contributed by atoms with Gasteiger partial charge in [-0.05, 0) is 36.4 Å². The zero-order valence-corrected chi connectivity index (χ0v) is 16.1. The first kappa shape index (κ1) is 18.5. The van der Waals surface area contributed by atoms with Crippen molar-refractivity contribution >= 4 is 22.5 Å². The van der Waals surface area contributed by atoms with Gasteiger partial charge in [-0.1, -0.05) is 12.1 Å². The maximum Gasteiger partial charge on any atom is 0.276 e. The van der Waals surface area contributed by atoms with Gasteiger partial charge < -0.3 is 19.4 Å². The van der Waals surface area contributed by atoms with Crippen LogP contribution in [0, 0.1) is 0 Å². The largest absolute Gasteiger partial charge is 0.493 e. The first-order chi connectivity index (χ1) is 14.1. The fourth-order valence-electron chi connectivity index (χ4n) is 3.22. The standard InChI is InChI=1S/C21H20N4O4/c1-24-17-13-14(7-8-15(17)25-16(21(24)27)9-10-23-25)20(26)22-11-12-29-19-6-4-3-5-18(19)28-2/h3-10,13H,11-12H2,1-2H3,(H,22,26). The molecule has 0 bridgehead atoms. The molecule has 0 saturated carbocycles. The minimum absolute atomic E-state index is 0.169. The molecule has 0 aliphatic heterocycles. The minimum Gasteiger partial charge on any atom is -0.493 e. The van der Waals surface area contributed by atoms with Crippen LogP contribution in [-0.2, 0) is 7.05 Å². The van der Waals surface area contributed by atoms with Crippen molar-refractivity contribution in [3.63, 3.8) is 0 Å². The Morgan fingerprint density at radius 2 is 1.86 bits per heavy atom. The molecule has 0 spiro atoms. The molecule has 0 atom stereocenters. The molecule has 4 rings (SSSR count). The van der Waals surface area contributed by atoms with E-state index in [4.69, 9.17) is 9.47 Å². The topological polar surface area (TPSA) is 86.9 Å². The molecule has 0 aliphatic rings. The van der Waals surface area contributed by atoms with Gasteiger partial charge in [-0.25, -0.2) is 4.52 Å². The summed E-state index contributed by atoms with van der Waals surface area (Å²) in [6.07, 6.45) is 1.58. The lowest BCUT2D eigenvalue weighted by Gasteiger charge is -2.12. The van der Waals surface area contributed by atoms with Crippen LogP contribution in [0.15, 0.2) is 59.5 Å². The average Bonchev–Trinajstić information content (AvgIpc) is 3.25. The fraction of sp³-hybridized carbons (Fsp3) is 0.190. The second-order valence-corrected chi connectivity index (χ2v) is 6.45. The van der Waals surface area contributed by atoms with E-state index in [-0.39, 0.29) is 11.5 Å². The zero-order chi connectivity index (χ0) is 20.4. The number of nitrogens with one attached hydrogen (secondary N) is 1. The molecule has 8 heteroatoms. The molecular formula is C21H20N4O4. The number of aryl methyl sites for hydroxylation is 1. The van der Waals surface area contributed by atoms with Crippen molar-refractivity contribution in [2.75, 3.05) is 20.3 Å². The van der Waals surface area contributed by atoms with Gasteiger partial charge in [0.25, 0.3) is 11.5 Å². The summed E-state index contributed by atoms with van der Waals surface area (Å²) in [4.78, 5) is 25.0. The van der Waals surface area contributed by atoms with Gasteiger partial charge in [0.2, 0.25) is 0 Å². The monoisotopic (exact) mass is 392 g/mol. The van der Waals surface area contributed by atoms with Gasteiger partial charge in [0.05, 0.1) is 30.9 Å². The summed E-state index contributed by atoms with van der Waals surface area (Å²) < 4.78 is 14.0. The second-order valence-electron chi connectivity index (χ2n) is 6.45. The summed E-state index contributed by atoms with van der Waals surface area (Å²) in [7, 11) is 3.26. The molecule has 29 heavy (non-hydrogen) atoms. The predicted octanol–water partition coefficient (Wildman–Crippen LogP) is 2.00. The Morgan fingerprint density at radius 1 is 1.07 bits per heavy atom. The SMILES string of the molecule is COc1ccccc1OCCNC(=O)c1ccc2c(c1)n(C)c(=O)c1ccnn12. The van der Waals surface area contributed by atoms with E-state index in [9.17, 15) is 9.59 Å². The maximum absolute atomic E-state index is 12.5. The Labute approximate surface area is 166 Å². The summed E-state index contributed by atoms with van der Waals surface area (Å²) in [5.41, 5.74) is 2.16. The molecule has 0 fully saturated rings. The van der Waals surface area contributed by atoms with Crippen LogP contribution in [0.2, 0.25) is 0 Å². The number of amides is 1. The number of ether oxygens (including phenoxy) is 2. The molecule has 0 radical (unpaired) electrons. The number of carbonyl (C=O) groups is 1. The van der Waals surface area contributed by atoms with Crippen LogP contribution in [0.25, 0.3) is 16.6 Å². The van der Waals surface area contributed by atoms with Crippen LogP contribution in [0.4, 0.5) is 0 Å². The maximum atomic E-state index is 12.5. The molecule has 1 amide bonds. The number of rotatable bonds is 6. The van der Waals surface area contributed by atoms with Crippen molar-refractivity contribution in [2.24, 2.45) is 7.05 Å². The Kier molecular flexibility index (Phi) is 4.90. The molecule has 1 N–H and O–H groups in total. The molecule has 8 nitrogen and oxygen atoms in total. The Morgan fingerprint density at radius 3 is 2.66 bits per heavy atom. The highest BCUT2D eigenvalue weighted by molar-refractivity contribution is 5.97. The van der Waals surface area contributed by atoms with Crippen molar-refractivity contribution in [1.82, 2.24) is 19.5 Å². The van der Waals surface area contributed by atoms with Gasteiger partial charge >= 0.3 is 0 Å². The normalized spacial score (nSPS) is 11.0. The van der Waals surface area contributed by atoms with E-state index in [1.54, 1.807) is 55.2 Å². The third-order valence-corrected chi connectivity index (χ3v) is 4.71. The molecule has 148 valence electrons. The van der Waals surface area contributed by atoms with Crippen LogP contribution in [0.1, 0.15) is 10.4 Å². The number of benzene rings is 2. The average molecular weight is 392 g/mol. The number of fused-ring (bicyclic) bond motifs is 3. The number of hydrogen-bond donors (Lipinski definition) is 1. The number of para-hydroxylation sites is 2. The summed E-state index contributed by atoms with van der Waals surface area (Å²) in [5.74, 6) is 1.01. The van der Waals surface area contributed by atoms with E-state index in [1.807, 2.05) is 18.2 Å². The minimum atomic E-state index is -0.247. The molecule has 2 aromatic carbocycles. The lowest BCUT2D eigenvalue weighted by Crippen LogP contribution is -2.28. The van der Waals surface area contributed by atoms with Crippen molar-refractivity contribution in [3.8, 4) is 11.5 Å². The molecule has 0 saturated heterocycles. The van der Waals surface area contributed by atoms with Crippen molar-refractivity contribution in [2.45, 2.75) is 0 Å². The summed E-state index contributed by atoms with van der Waals surface area (Å²) in [5, 5.41) is 7.03. The van der Waals surface area contributed by atoms with Gasteiger partial charge in [0.1, 0.15) is 12.1 Å². The predicted molar refractivity (Wildman–Crippen MR) is 109 cm³/mol. The molecular weight excluding hydrogens is 372 g/mol. The summed E-state index contributed by atoms with van der Waals surface area (Å²) in [6, 6.07) is 14.2. The smallest absolute Gasteiger partial charge is 0.276 e. The third kappa shape index (κ3) is 3.40. The van der Waals surface area contributed by atoms with Gasteiger partial charge in [0.15, 0.2) is 11.5 Å². The van der Waals surface area contributed by atoms with E-state index in [0.717, 1.165) is 5.52 Å². The highest BCUT2D eigenvalue weighted by atomic mass is 16.5. The Balaban J connectivity index is 1.48. The number of hydrogen-bond acceptors (Lipinski definition) is 5. The number of aromatic nitrogens is 3. The quantitative estimate of drug-likeness (QED) is 0.507. The van der Waals surface area contributed by atoms with E-state index in [1.165, 1.54) is 4.57 Å². The van der Waals surface area contributed by atoms with Crippen molar-refractivity contribution in [3.05, 3.63) is 70.6 Å². The molecule has 0 aliphatic carbocycles. The van der Waals surface area contributed by atoms with Crippen LogP contribution in [0.5, 0.6) is 11.5 Å². The first-order valence-electron chi connectivity index (χ1n) is 9.10. The highest BCUT2D eigenvalue weighted by Gasteiger charge is 2.12. The number of methoxy groups -OCH3 is 1. The van der Waals surface area contributed by atoms with Crippen LogP contribution in [-0.4, -0.2) is 40.3 Å². The van der Waals surface area contributed by atoms with E-state index in [2.05, 4.69) is 10.4 Å². The summed E-state index contributed by atoms with van der Waals surface area (Å²) in [6.45, 7) is 0.623. The van der Waals surface area contributed by atoms with Gasteiger partial charge in [-0.15, -0.1) is 0 Å². The second kappa shape index (κ2) is 7.67. The van der Waals surface area contributed by atoms with Crippen molar-refractivity contribution in [1.29, 1.82) is 0 Å². The number of nitrogens with zero attached hydrogens (tertiary/aromatic N) is 3. The molecule has 2 aromatic heterocycles. The van der Waals surface area contributed by atoms with Gasteiger partial charge in [0, 0.05) is 12.6 Å². The van der Waals surface area contributed by atoms with E-state index >= 15 is 0 Å². The highest BCUT2D eigenvalue weighted by Crippen LogP contribution is 2.25. The van der Waals surface area contributed by atoms with Gasteiger partial charge in [-0.2, -0.15) is 5.10 Å². The van der Waals surface area contributed by atoms with Crippen LogP contribution >= 0.6 is 0 Å².